The van der Waals surface area contributed by atoms with Crippen LogP contribution in [0.4, 0.5) is 0 Å². The molecule has 138 valence electrons. The van der Waals surface area contributed by atoms with Crippen LogP contribution in [-0.2, 0) is 25.6 Å². The number of hydrogen-bond acceptors (Lipinski definition) is 4. The molecule has 0 aromatic heterocycles. The fourth-order valence-electron chi connectivity index (χ4n) is 2.83. The van der Waals surface area contributed by atoms with E-state index in [0.717, 1.165) is 11.6 Å². The third kappa shape index (κ3) is 4.92. The predicted octanol–water partition coefficient (Wildman–Crippen LogP) is -0.345. The zero-order valence-electron chi connectivity index (χ0n) is 14.3. The first-order valence-corrected chi connectivity index (χ1v) is 8.16. The molecule has 0 radical (unpaired) electrons. The summed E-state index contributed by atoms with van der Waals surface area (Å²) in [5, 5.41) is 11.4. The maximum atomic E-state index is 12.7. The molecule has 2 N–H and O–H groups in total. The van der Waals surface area contributed by atoms with Crippen LogP contribution < -0.4 is 5.32 Å². The van der Waals surface area contributed by atoms with Gasteiger partial charge in [0.25, 0.3) is 0 Å². The Balaban J connectivity index is 2.17. The standard InChI is InChI=1S/C18H21N3O5/c1-2-15(22)19-11-16(23)21-9-8-20(12-17(24)25)18(26)14(21)10-13-6-4-3-5-7-13/h2-7,14H,1,8-12H2,(H,19,22)(H,24,25)/t14-/m0/s1. The maximum absolute atomic E-state index is 12.7. The van der Waals surface area contributed by atoms with Crippen molar-refractivity contribution in [2.24, 2.45) is 0 Å². The van der Waals surface area contributed by atoms with Gasteiger partial charge in [0.1, 0.15) is 12.6 Å². The van der Waals surface area contributed by atoms with Gasteiger partial charge in [-0.1, -0.05) is 36.9 Å². The Bertz CT molecular complexity index is 704. The topological polar surface area (TPSA) is 107 Å². The average molecular weight is 359 g/mol. The van der Waals surface area contributed by atoms with E-state index in [1.165, 1.54) is 9.80 Å². The highest BCUT2D eigenvalue weighted by atomic mass is 16.4. The molecule has 1 aromatic rings. The van der Waals surface area contributed by atoms with Crippen LogP contribution in [0.3, 0.4) is 0 Å². The number of nitrogens with one attached hydrogen (secondary N) is 1. The molecule has 1 aromatic carbocycles. The molecule has 1 aliphatic heterocycles. The predicted molar refractivity (Wildman–Crippen MR) is 93.1 cm³/mol. The van der Waals surface area contributed by atoms with Crippen molar-refractivity contribution in [3.8, 4) is 0 Å². The van der Waals surface area contributed by atoms with Crippen molar-refractivity contribution in [2.45, 2.75) is 12.5 Å². The van der Waals surface area contributed by atoms with Crippen LogP contribution in [0.2, 0.25) is 0 Å². The Kier molecular flexibility index (Phi) is 6.48. The highest BCUT2D eigenvalue weighted by molar-refractivity contribution is 5.94. The molecule has 8 heteroatoms. The number of hydrogen-bond donors (Lipinski definition) is 2. The zero-order chi connectivity index (χ0) is 19.1. The van der Waals surface area contributed by atoms with Crippen molar-refractivity contribution in [1.82, 2.24) is 15.1 Å². The summed E-state index contributed by atoms with van der Waals surface area (Å²) in [4.78, 5) is 50.1. The molecule has 0 unspecified atom stereocenters. The van der Waals surface area contributed by atoms with Crippen LogP contribution in [0.25, 0.3) is 0 Å². The van der Waals surface area contributed by atoms with Crippen LogP contribution in [0, 0.1) is 0 Å². The van der Waals surface area contributed by atoms with E-state index in [0.29, 0.717) is 0 Å². The second-order valence-electron chi connectivity index (χ2n) is 5.87. The number of amides is 3. The van der Waals surface area contributed by atoms with Crippen molar-refractivity contribution >= 4 is 23.7 Å². The fraction of sp³-hybridized carbons (Fsp3) is 0.333. The number of carbonyl (C=O) groups excluding carboxylic acids is 3. The van der Waals surface area contributed by atoms with E-state index in [1.54, 1.807) is 0 Å². The first-order valence-electron chi connectivity index (χ1n) is 8.16. The number of carboxylic acid groups (broad SMARTS) is 1. The van der Waals surface area contributed by atoms with Crippen molar-refractivity contribution in [3.63, 3.8) is 0 Å². The molecule has 0 aliphatic carbocycles. The molecule has 0 spiro atoms. The number of nitrogens with zero attached hydrogens (tertiary/aromatic N) is 2. The number of rotatable bonds is 7. The third-order valence-electron chi connectivity index (χ3n) is 4.10. The molecule has 0 saturated carbocycles. The highest BCUT2D eigenvalue weighted by Crippen LogP contribution is 2.17. The Morgan fingerprint density at radius 1 is 1.23 bits per heavy atom. The van der Waals surface area contributed by atoms with Crippen LogP contribution in [0.5, 0.6) is 0 Å². The Labute approximate surface area is 151 Å². The SMILES string of the molecule is C=CC(=O)NCC(=O)N1CCN(CC(=O)O)C(=O)[C@@H]1Cc1ccccc1. The lowest BCUT2D eigenvalue weighted by molar-refractivity contribution is -0.155. The summed E-state index contributed by atoms with van der Waals surface area (Å²) in [5.74, 6) is -2.39. The van der Waals surface area contributed by atoms with Crippen molar-refractivity contribution in [1.29, 1.82) is 0 Å². The van der Waals surface area contributed by atoms with Crippen LogP contribution in [0.1, 0.15) is 5.56 Å². The van der Waals surface area contributed by atoms with Crippen LogP contribution in [0.15, 0.2) is 43.0 Å². The lowest BCUT2D eigenvalue weighted by atomic mass is 10.0. The quantitative estimate of drug-likeness (QED) is 0.648. The van der Waals surface area contributed by atoms with Gasteiger partial charge in [-0.15, -0.1) is 0 Å². The molecule has 1 fully saturated rings. The molecule has 26 heavy (non-hydrogen) atoms. The second kappa shape index (κ2) is 8.80. The Morgan fingerprint density at radius 3 is 2.54 bits per heavy atom. The summed E-state index contributed by atoms with van der Waals surface area (Å²) < 4.78 is 0. The molecule has 1 heterocycles. The Morgan fingerprint density at radius 2 is 1.92 bits per heavy atom. The van der Waals surface area contributed by atoms with E-state index < -0.39 is 36.3 Å². The smallest absolute Gasteiger partial charge is 0.323 e. The monoisotopic (exact) mass is 359 g/mol. The van der Waals surface area contributed by atoms with Gasteiger partial charge in [0.2, 0.25) is 17.7 Å². The molecule has 1 atom stereocenters. The Hall–Kier alpha value is -3.16. The van der Waals surface area contributed by atoms with Gasteiger partial charge in [0.15, 0.2) is 0 Å². The number of carbonyl (C=O) groups is 4. The average Bonchev–Trinajstić information content (AvgIpc) is 2.63. The second-order valence-corrected chi connectivity index (χ2v) is 5.87. The van der Waals surface area contributed by atoms with Gasteiger partial charge in [-0.3, -0.25) is 19.2 Å². The van der Waals surface area contributed by atoms with E-state index in [-0.39, 0.29) is 26.1 Å². The van der Waals surface area contributed by atoms with Crippen LogP contribution in [-0.4, -0.2) is 70.8 Å². The summed E-state index contributed by atoms with van der Waals surface area (Å²) in [5.41, 5.74) is 0.857. The summed E-state index contributed by atoms with van der Waals surface area (Å²) >= 11 is 0. The highest BCUT2D eigenvalue weighted by Gasteiger charge is 2.37. The molecule has 0 bridgehead atoms. The summed E-state index contributed by atoms with van der Waals surface area (Å²) in [6, 6.07) is 8.37. The van der Waals surface area contributed by atoms with E-state index in [2.05, 4.69) is 11.9 Å². The molecule has 2 rings (SSSR count). The summed E-state index contributed by atoms with van der Waals surface area (Å²) in [7, 11) is 0. The number of aliphatic carboxylic acids is 1. The van der Waals surface area contributed by atoms with Gasteiger partial charge in [-0.05, 0) is 11.6 Å². The van der Waals surface area contributed by atoms with Gasteiger partial charge in [-0.2, -0.15) is 0 Å². The van der Waals surface area contributed by atoms with Crippen molar-refractivity contribution in [3.05, 3.63) is 48.6 Å². The molecular formula is C18H21N3O5. The minimum Gasteiger partial charge on any atom is -0.480 e. The first-order chi connectivity index (χ1) is 12.4. The normalized spacial score (nSPS) is 16.9. The van der Waals surface area contributed by atoms with Gasteiger partial charge in [0, 0.05) is 19.5 Å². The minimum absolute atomic E-state index is 0.136. The minimum atomic E-state index is -1.10. The number of carboxylic acids is 1. The van der Waals surface area contributed by atoms with E-state index in [1.807, 2.05) is 30.3 Å². The zero-order valence-corrected chi connectivity index (χ0v) is 14.3. The lowest BCUT2D eigenvalue weighted by Gasteiger charge is -2.40. The van der Waals surface area contributed by atoms with Gasteiger partial charge in [0.05, 0.1) is 6.54 Å². The molecular weight excluding hydrogens is 338 g/mol. The number of piperazine rings is 1. The van der Waals surface area contributed by atoms with Crippen LogP contribution >= 0.6 is 0 Å². The molecule has 3 amide bonds. The van der Waals surface area contributed by atoms with E-state index in [9.17, 15) is 19.2 Å². The summed E-state index contributed by atoms with van der Waals surface area (Å²) in [6.45, 7) is 3.01. The fourth-order valence-corrected chi connectivity index (χ4v) is 2.83. The van der Waals surface area contributed by atoms with E-state index in [4.69, 9.17) is 5.11 Å². The van der Waals surface area contributed by atoms with Crippen molar-refractivity contribution < 1.29 is 24.3 Å². The molecule has 1 saturated heterocycles. The first kappa shape index (κ1) is 19.2. The van der Waals surface area contributed by atoms with E-state index >= 15 is 0 Å². The van der Waals surface area contributed by atoms with Gasteiger partial charge < -0.3 is 20.2 Å². The van der Waals surface area contributed by atoms with Crippen molar-refractivity contribution in [2.75, 3.05) is 26.2 Å². The third-order valence-corrected chi connectivity index (χ3v) is 4.10. The molecule has 8 nitrogen and oxygen atoms in total. The summed E-state index contributed by atoms with van der Waals surface area (Å²) in [6.07, 6.45) is 1.33. The lowest BCUT2D eigenvalue weighted by Crippen LogP contribution is -2.61. The van der Waals surface area contributed by atoms with Gasteiger partial charge in [-0.25, -0.2) is 0 Å². The maximum Gasteiger partial charge on any atom is 0.323 e. The largest absolute Gasteiger partial charge is 0.480 e. The number of benzene rings is 1. The molecule has 1 aliphatic rings. The van der Waals surface area contributed by atoms with Gasteiger partial charge >= 0.3 is 5.97 Å².